The molecular formula is C11H17BrOS. The molecule has 0 spiro atoms. The topological polar surface area (TPSA) is 20.2 Å². The average Bonchev–Trinajstić information content (AvgIpc) is 2.49. The van der Waals surface area contributed by atoms with Crippen molar-refractivity contribution in [3.63, 3.8) is 0 Å². The molecule has 0 saturated heterocycles. The second-order valence-electron chi connectivity index (χ2n) is 4.23. The highest BCUT2D eigenvalue weighted by Gasteiger charge is 2.38. The van der Waals surface area contributed by atoms with E-state index in [1.807, 2.05) is 11.4 Å². The zero-order valence-corrected chi connectivity index (χ0v) is 11.4. The molecule has 0 amide bonds. The van der Waals surface area contributed by atoms with Crippen LogP contribution in [0.25, 0.3) is 0 Å². The summed E-state index contributed by atoms with van der Waals surface area (Å²) < 4.78 is 1.02. The quantitative estimate of drug-likeness (QED) is 0.885. The molecule has 1 aromatic rings. The van der Waals surface area contributed by atoms with Crippen molar-refractivity contribution in [2.75, 3.05) is 0 Å². The molecule has 0 unspecified atom stereocenters. The van der Waals surface area contributed by atoms with Crippen LogP contribution in [-0.2, 0) is 5.60 Å². The third-order valence-electron chi connectivity index (χ3n) is 2.74. The molecule has 0 radical (unpaired) electrons. The molecule has 0 fully saturated rings. The Bertz CT molecular complexity index is 296. The molecule has 3 heteroatoms. The minimum Gasteiger partial charge on any atom is -0.384 e. The average molecular weight is 277 g/mol. The van der Waals surface area contributed by atoms with Crippen molar-refractivity contribution in [2.45, 2.75) is 33.3 Å². The molecule has 14 heavy (non-hydrogen) atoms. The van der Waals surface area contributed by atoms with Crippen molar-refractivity contribution in [3.05, 3.63) is 20.8 Å². The lowest BCUT2D eigenvalue weighted by Crippen LogP contribution is -2.37. The fraction of sp³-hybridized carbons (Fsp3) is 0.636. The predicted molar refractivity (Wildman–Crippen MR) is 65.6 cm³/mol. The van der Waals surface area contributed by atoms with Crippen LogP contribution in [0.4, 0.5) is 0 Å². The number of rotatable bonds is 3. The lowest BCUT2D eigenvalue weighted by molar-refractivity contribution is -0.0503. The summed E-state index contributed by atoms with van der Waals surface area (Å²) in [5.74, 6) is 0.440. The fourth-order valence-corrected chi connectivity index (χ4v) is 3.86. The summed E-state index contributed by atoms with van der Waals surface area (Å²) in [7, 11) is 0. The Morgan fingerprint density at radius 3 is 2.07 bits per heavy atom. The lowest BCUT2D eigenvalue weighted by atomic mass is 9.79. The summed E-state index contributed by atoms with van der Waals surface area (Å²) in [4.78, 5) is 1.04. The zero-order valence-electron chi connectivity index (χ0n) is 9.04. The number of hydrogen-bond acceptors (Lipinski definition) is 2. The van der Waals surface area contributed by atoms with Crippen molar-refractivity contribution in [1.29, 1.82) is 0 Å². The molecule has 1 aromatic heterocycles. The Balaban J connectivity index is 3.19. The Labute approximate surface area is 98.3 Å². The second-order valence-corrected chi connectivity index (χ2v) is 6.00. The number of halogens is 1. The maximum absolute atomic E-state index is 10.7. The molecule has 0 atom stereocenters. The SMILES string of the molecule is CC(C)C(O)(c1sccc1Br)C(C)C. The first kappa shape index (κ1) is 12.2. The summed E-state index contributed by atoms with van der Waals surface area (Å²) in [6.07, 6.45) is 0. The monoisotopic (exact) mass is 276 g/mol. The van der Waals surface area contributed by atoms with Crippen LogP contribution in [0.15, 0.2) is 15.9 Å². The Morgan fingerprint density at radius 1 is 1.29 bits per heavy atom. The van der Waals surface area contributed by atoms with E-state index in [-0.39, 0.29) is 11.8 Å². The van der Waals surface area contributed by atoms with Gasteiger partial charge in [-0.3, -0.25) is 0 Å². The molecule has 0 aromatic carbocycles. The van der Waals surface area contributed by atoms with E-state index in [2.05, 4.69) is 43.6 Å². The van der Waals surface area contributed by atoms with Gasteiger partial charge in [-0.05, 0) is 39.2 Å². The van der Waals surface area contributed by atoms with Crippen molar-refractivity contribution in [3.8, 4) is 0 Å². The van der Waals surface area contributed by atoms with Gasteiger partial charge in [-0.25, -0.2) is 0 Å². The molecule has 0 bridgehead atoms. The van der Waals surface area contributed by atoms with E-state index in [1.54, 1.807) is 11.3 Å². The first-order valence-electron chi connectivity index (χ1n) is 4.86. The van der Waals surface area contributed by atoms with Gasteiger partial charge >= 0.3 is 0 Å². The van der Waals surface area contributed by atoms with Gasteiger partial charge in [0.05, 0.1) is 4.88 Å². The van der Waals surface area contributed by atoms with E-state index in [9.17, 15) is 5.11 Å². The normalized spacial score (nSPS) is 12.9. The van der Waals surface area contributed by atoms with Gasteiger partial charge in [0.2, 0.25) is 0 Å². The van der Waals surface area contributed by atoms with E-state index in [0.29, 0.717) is 0 Å². The van der Waals surface area contributed by atoms with Crippen LogP contribution in [0.1, 0.15) is 32.6 Å². The maximum atomic E-state index is 10.7. The largest absolute Gasteiger partial charge is 0.384 e. The molecule has 1 N–H and O–H groups in total. The van der Waals surface area contributed by atoms with Gasteiger partial charge in [0.15, 0.2) is 0 Å². The van der Waals surface area contributed by atoms with Gasteiger partial charge in [0, 0.05) is 4.47 Å². The van der Waals surface area contributed by atoms with Gasteiger partial charge in [0.1, 0.15) is 5.60 Å². The minimum atomic E-state index is -0.715. The van der Waals surface area contributed by atoms with Gasteiger partial charge in [-0.15, -0.1) is 11.3 Å². The molecule has 1 heterocycles. The summed E-state index contributed by atoms with van der Waals surface area (Å²) in [5.41, 5.74) is -0.715. The Kier molecular flexibility index (Phi) is 3.78. The van der Waals surface area contributed by atoms with Crippen LogP contribution >= 0.6 is 27.3 Å². The third-order valence-corrected chi connectivity index (χ3v) is 4.72. The molecular weight excluding hydrogens is 260 g/mol. The van der Waals surface area contributed by atoms with Crippen molar-refractivity contribution in [2.24, 2.45) is 11.8 Å². The van der Waals surface area contributed by atoms with Crippen LogP contribution < -0.4 is 0 Å². The lowest BCUT2D eigenvalue weighted by Gasteiger charge is -2.35. The number of thiophene rings is 1. The van der Waals surface area contributed by atoms with Gasteiger partial charge in [-0.1, -0.05) is 27.7 Å². The highest BCUT2D eigenvalue weighted by Crippen LogP contribution is 2.43. The van der Waals surface area contributed by atoms with Gasteiger partial charge < -0.3 is 5.11 Å². The Morgan fingerprint density at radius 2 is 1.79 bits per heavy atom. The summed E-state index contributed by atoms with van der Waals surface area (Å²) in [5, 5.41) is 12.7. The smallest absolute Gasteiger partial charge is 0.104 e. The number of hydrogen-bond donors (Lipinski definition) is 1. The molecule has 0 aliphatic heterocycles. The van der Waals surface area contributed by atoms with E-state index in [4.69, 9.17) is 0 Å². The second kappa shape index (κ2) is 4.33. The fourth-order valence-electron chi connectivity index (χ4n) is 1.77. The standard InChI is InChI=1S/C11H17BrOS/c1-7(2)11(13,8(3)4)10-9(12)5-6-14-10/h5-8,13H,1-4H3. The molecule has 1 rings (SSSR count). The van der Waals surface area contributed by atoms with Gasteiger partial charge in [0.25, 0.3) is 0 Å². The molecule has 0 saturated carbocycles. The van der Waals surface area contributed by atoms with Crippen molar-refractivity contribution in [1.82, 2.24) is 0 Å². The van der Waals surface area contributed by atoms with Crippen molar-refractivity contribution < 1.29 is 5.11 Å². The molecule has 80 valence electrons. The van der Waals surface area contributed by atoms with E-state index in [1.165, 1.54) is 0 Å². The van der Waals surface area contributed by atoms with Crippen LogP contribution in [-0.4, -0.2) is 5.11 Å². The molecule has 1 nitrogen and oxygen atoms in total. The zero-order chi connectivity index (χ0) is 10.9. The number of aliphatic hydroxyl groups is 1. The minimum absolute atomic E-state index is 0.220. The summed E-state index contributed by atoms with van der Waals surface area (Å²) in [6, 6.07) is 2.00. The maximum Gasteiger partial charge on any atom is 0.104 e. The first-order valence-corrected chi connectivity index (χ1v) is 6.53. The van der Waals surface area contributed by atoms with E-state index >= 15 is 0 Å². The van der Waals surface area contributed by atoms with Crippen LogP contribution in [0, 0.1) is 11.8 Å². The van der Waals surface area contributed by atoms with Gasteiger partial charge in [-0.2, -0.15) is 0 Å². The highest BCUT2D eigenvalue weighted by atomic mass is 79.9. The molecule has 0 aliphatic rings. The summed E-state index contributed by atoms with van der Waals surface area (Å²) >= 11 is 5.11. The Hall–Kier alpha value is 0.140. The molecule has 0 aliphatic carbocycles. The third kappa shape index (κ3) is 1.90. The van der Waals surface area contributed by atoms with E-state index in [0.717, 1.165) is 9.35 Å². The van der Waals surface area contributed by atoms with Crippen LogP contribution in [0.3, 0.4) is 0 Å². The summed E-state index contributed by atoms with van der Waals surface area (Å²) in [6.45, 7) is 8.25. The highest BCUT2D eigenvalue weighted by molar-refractivity contribution is 9.10. The first-order chi connectivity index (χ1) is 6.40. The van der Waals surface area contributed by atoms with Crippen molar-refractivity contribution >= 4 is 27.3 Å². The predicted octanol–water partition coefficient (Wildman–Crippen LogP) is 4.01. The van der Waals surface area contributed by atoms with E-state index < -0.39 is 5.60 Å². The van der Waals surface area contributed by atoms with Crippen LogP contribution in [0.5, 0.6) is 0 Å². The van der Waals surface area contributed by atoms with Crippen LogP contribution in [0.2, 0.25) is 0 Å².